The molecule has 2 heterocycles. The van der Waals surface area contributed by atoms with Crippen molar-refractivity contribution in [1.82, 2.24) is 4.68 Å². The van der Waals surface area contributed by atoms with Crippen molar-refractivity contribution in [3.63, 3.8) is 0 Å². The topological polar surface area (TPSA) is 101 Å². The molecule has 0 saturated carbocycles. The fourth-order valence-electron chi connectivity index (χ4n) is 2.69. The highest BCUT2D eigenvalue weighted by molar-refractivity contribution is 9.10. The van der Waals surface area contributed by atoms with Crippen molar-refractivity contribution >= 4 is 61.0 Å². The van der Waals surface area contributed by atoms with E-state index in [9.17, 15) is 18.3 Å². The first-order chi connectivity index (χ1) is 13.3. The van der Waals surface area contributed by atoms with Gasteiger partial charge in [-0.15, -0.1) is 0 Å². The molecule has 2 N–H and O–H groups in total. The number of benzene rings is 2. The molecule has 1 aliphatic rings. The summed E-state index contributed by atoms with van der Waals surface area (Å²) in [5, 5.41) is 11.6. The standard InChI is InChI=1S/C17H10BrN3O4S3/c18-9-6-7-12-11(8-9)13(15(22)19-12)14-16(23)21(17(26)27-14)20-28(24,25)10-4-2-1-3-5-10/h1-8,20,23H. The van der Waals surface area contributed by atoms with E-state index in [4.69, 9.17) is 12.2 Å². The largest absolute Gasteiger partial charge is 0.492 e. The average Bonchev–Trinajstić information content (AvgIpc) is 3.12. The molecule has 0 unspecified atom stereocenters. The lowest BCUT2D eigenvalue weighted by molar-refractivity contribution is -0.112. The molecule has 4 rings (SSSR count). The Balaban J connectivity index is 1.86. The number of carbonyl (C=O) groups is 1. The Hall–Kier alpha value is -2.34. The molecule has 1 amide bonds. The van der Waals surface area contributed by atoms with E-state index < -0.39 is 21.8 Å². The zero-order valence-electron chi connectivity index (χ0n) is 13.8. The van der Waals surface area contributed by atoms with E-state index in [1.54, 1.807) is 36.4 Å². The molecule has 0 atom stereocenters. The molecule has 7 nitrogen and oxygen atoms in total. The number of rotatable bonds is 4. The van der Waals surface area contributed by atoms with Gasteiger partial charge in [-0.05, 0) is 42.5 Å². The van der Waals surface area contributed by atoms with Crippen LogP contribution in [0.5, 0.6) is 5.88 Å². The molecule has 1 aliphatic heterocycles. The van der Waals surface area contributed by atoms with Crippen molar-refractivity contribution in [1.29, 1.82) is 0 Å². The molecule has 142 valence electrons. The highest BCUT2D eigenvalue weighted by Gasteiger charge is 2.27. The maximum atomic E-state index is 12.6. The minimum atomic E-state index is -3.98. The van der Waals surface area contributed by atoms with Gasteiger partial charge in [0.25, 0.3) is 15.9 Å². The highest BCUT2D eigenvalue weighted by atomic mass is 79.9. The van der Waals surface area contributed by atoms with Crippen molar-refractivity contribution in [2.24, 2.45) is 4.99 Å². The molecule has 2 aromatic carbocycles. The zero-order valence-corrected chi connectivity index (χ0v) is 17.8. The number of fused-ring (bicyclic) bond motifs is 1. The van der Waals surface area contributed by atoms with Gasteiger partial charge >= 0.3 is 0 Å². The SMILES string of the molecule is O=C1N=c2ccc(Br)cc2=C1c1sc(=S)n(NS(=O)(=O)c2ccccc2)c1O. The van der Waals surface area contributed by atoms with Crippen LogP contribution in [0.15, 0.2) is 62.9 Å². The third kappa shape index (κ3) is 3.20. The van der Waals surface area contributed by atoms with Crippen LogP contribution in [0, 0.1) is 3.95 Å². The van der Waals surface area contributed by atoms with Crippen LogP contribution in [0.25, 0.3) is 5.57 Å². The summed E-state index contributed by atoms with van der Waals surface area (Å²) in [5.41, 5.74) is 0.169. The maximum absolute atomic E-state index is 12.6. The van der Waals surface area contributed by atoms with Crippen molar-refractivity contribution in [3.05, 3.63) is 72.4 Å². The summed E-state index contributed by atoms with van der Waals surface area (Å²) in [5.74, 6) is -1.00. The molecule has 0 saturated heterocycles. The zero-order chi connectivity index (χ0) is 20.1. The minimum Gasteiger partial charge on any atom is -0.492 e. The first-order valence-electron chi connectivity index (χ1n) is 7.74. The molecule has 11 heteroatoms. The van der Waals surface area contributed by atoms with Crippen LogP contribution in [0.3, 0.4) is 0 Å². The van der Waals surface area contributed by atoms with Gasteiger partial charge in [-0.25, -0.2) is 9.82 Å². The second kappa shape index (κ2) is 6.92. The Morgan fingerprint density at radius 3 is 2.61 bits per heavy atom. The highest BCUT2D eigenvalue weighted by Crippen LogP contribution is 2.32. The Labute approximate surface area is 176 Å². The third-order valence-electron chi connectivity index (χ3n) is 3.94. The van der Waals surface area contributed by atoms with Gasteiger partial charge in [0, 0.05) is 9.69 Å². The monoisotopic (exact) mass is 495 g/mol. The first-order valence-corrected chi connectivity index (χ1v) is 11.2. The fraction of sp³-hybridized carbons (Fsp3) is 0. The van der Waals surface area contributed by atoms with Crippen LogP contribution in [0.1, 0.15) is 4.88 Å². The molecule has 0 aliphatic carbocycles. The minimum absolute atomic E-state index is 0.0120. The van der Waals surface area contributed by atoms with Gasteiger partial charge in [-0.1, -0.05) is 45.5 Å². The Morgan fingerprint density at radius 1 is 1.18 bits per heavy atom. The number of aromatic nitrogens is 1. The quantitative estimate of drug-likeness (QED) is 0.539. The fourth-order valence-corrected chi connectivity index (χ4v) is 5.47. The van der Waals surface area contributed by atoms with Gasteiger partial charge in [0.15, 0.2) is 3.95 Å². The van der Waals surface area contributed by atoms with E-state index in [0.29, 0.717) is 10.6 Å². The molecule has 0 fully saturated rings. The maximum Gasteiger partial charge on any atom is 0.279 e. The average molecular weight is 496 g/mol. The molecular weight excluding hydrogens is 486 g/mol. The van der Waals surface area contributed by atoms with E-state index in [-0.39, 0.29) is 19.3 Å². The predicted molar refractivity (Wildman–Crippen MR) is 110 cm³/mol. The Kier molecular flexibility index (Phi) is 4.70. The van der Waals surface area contributed by atoms with E-state index in [2.05, 4.69) is 25.8 Å². The van der Waals surface area contributed by atoms with Gasteiger partial charge in [0.2, 0.25) is 5.88 Å². The summed E-state index contributed by atoms with van der Waals surface area (Å²) in [6.07, 6.45) is 0. The number of sulfonamides is 1. The van der Waals surface area contributed by atoms with Crippen LogP contribution >= 0.6 is 39.5 Å². The predicted octanol–water partition coefficient (Wildman–Crippen LogP) is 2.04. The van der Waals surface area contributed by atoms with E-state index >= 15 is 0 Å². The summed E-state index contributed by atoms with van der Waals surface area (Å²) >= 11 is 9.47. The molecular formula is C17H10BrN3O4S3. The van der Waals surface area contributed by atoms with E-state index in [1.807, 2.05) is 0 Å². The van der Waals surface area contributed by atoms with E-state index in [0.717, 1.165) is 20.5 Å². The van der Waals surface area contributed by atoms with Crippen molar-refractivity contribution < 1.29 is 18.3 Å². The summed E-state index contributed by atoms with van der Waals surface area (Å²) in [6, 6.07) is 12.8. The summed E-state index contributed by atoms with van der Waals surface area (Å²) in [4.78, 5) is 18.8. The number of thiazole rings is 1. The Morgan fingerprint density at radius 2 is 1.89 bits per heavy atom. The van der Waals surface area contributed by atoms with Gasteiger partial charge in [0.1, 0.15) is 4.88 Å². The lowest BCUT2D eigenvalue weighted by Gasteiger charge is -2.09. The number of carbonyl (C=O) groups excluding carboxylic acids is 1. The molecule has 28 heavy (non-hydrogen) atoms. The number of aromatic hydroxyl groups is 1. The molecule has 1 aromatic heterocycles. The van der Waals surface area contributed by atoms with Gasteiger partial charge in [-0.3, -0.25) is 4.79 Å². The number of halogens is 1. The summed E-state index contributed by atoms with van der Waals surface area (Å²) in [6.45, 7) is 0. The lowest BCUT2D eigenvalue weighted by Crippen LogP contribution is -2.24. The number of nitrogens with zero attached hydrogens (tertiary/aromatic N) is 2. The molecule has 0 spiro atoms. The van der Waals surface area contributed by atoms with Gasteiger partial charge in [0.05, 0.1) is 15.8 Å². The normalized spacial score (nSPS) is 13.3. The van der Waals surface area contributed by atoms with E-state index in [1.165, 1.54) is 12.1 Å². The van der Waals surface area contributed by atoms with Crippen molar-refractivity contribution in [2.45, 2.75) is 4.90 Å². The van der Waals surface area contributed by atoms with Crippen molar-refractivity contribution in [2.75, 3.05) is 4.83 Å². The van der Waals surface area contributed by atoms with Gasteiger partial charge in [-0.2, -0.15) is 13.1 Å². The third-order valence-corrected chi connectivity index (χ3v) is 7.13. The smallest absolute Gasteiger partial charge is 0.279 e. The molecule has 3 aromatic rings. The second-order valence-corrected chi connectivity index (χ2v) is 9.94. The van der Waals surface area contributed by atoms with Crippen LogP contribution in [-0.2, 0) is 14.8 Å². The number of nitrogens with one attached hydrogen (secondary N) is 1. The molecule has 0 radical (unpaired) electrons. The van der Waals surface area contributed by atoms with Crippen LogP contribution in [-0.4, -0.2) is 24.1 Å². The number of amides is 1. The van der Waals surface area contributed by atoms with Crippen LogP contribution in [0.2, 0.25) is 0 Å². The lowest BCUT2D eigenvalue weighted by atomic mass is 10.1. The van der Waals surface area contributed by atoms with Crippen molar-refractivity contribution in [3.8, 4) is 5.88 Å². The van der Waals surface area contributed by atoms with Crippen LogP contribution in [0.4, 0.5) is 0 Å². The van der Waals surface area contributed by atoms with Gasteiger partial charge < -0.3 is 5.11 Å². The summed E-state index contributed by atoms with van der Waals surface area (Å²) in [7, 11) is -3.98. The van der Waals surface area contributed by atoms with Crippen LogP contribution < -0.4 is 15.4 Å². The molecule has 0 bridgehead atoms. The number of hydrogen-bond acceptors (Lipinski definition) is 6. The Bertz CT molecular complexity index is 1410. The second-order valence-electron chi connectivity index (χ2n) is 5.72. The first kappa shape index (κ1) is 19.0. The summed E-state index contributed by atoms with van der Waals surface area (Å²) < 4.78 is 26.8. The number of hydrogen-bond donors (Lipinski definition) is 2.